The van der Waals surface area contributed by atoms with Crippen molar-refractivity contribution in [2.75, 3.05) is 26.2 Å². The molecular formula is C122H232N12O14. The Morgan fingerprint density at radius 2 is 0.514 bits per heavy atom. The maximum Gasteiger partial charge on any atom is 0.312 e. The number of rotatable bonds is 48. The van der Waals surface area contributed by atoms with E-state index in [0.29, 0.717) is 77.5 Å². The lowest BCUT2D eigenvalue weighted by Gasteiger charge is -2.31. The molecule has 0 saturated heterocycles. The summed E-state index contributed by atoms with van der Waals surface area (Å²) in [5.74, 6) is 2.99. The zero-order chi connectivity index (χ0) is 118. The standard InChI is InChI=1S/2C20H39N3O3.2C20H32N2O2.2C13H25NO2.4C4H10/c2*1-13(2)14(12-19(3,4)5)17(25)23-15(16(24)20(6,7)8)10-9-11-22-18(21)26;2*1-20(2,3)19(24)16(11-7-8-12-21)14-18(23)17(22)13-15-9-5-4-6-10-15;2*1-8(2)11(14)10(15)7-9(3)12(16)13(4,5)6;4*1-4(2)3/h2*13-15H,9-12H2,1-8H3,(H,23,25)(H3,21,22,26);2*4-6,9-10,16-17H,7-8,11-14,21-22H2,1-3H3;2*8-9,11H,7,14H2,1-6H3;4*4H,1-3H3. The zero-order valence-electron chi connectivity index (χ0n) is 103. The van der Waals surface area contributed by atoms with E-state index < -0.39 is 70.0 Å². The summed E-state index contributed by atoms with van der Waals surface area (Å²) in [5.41, 5.74) is 44.3. The second kappa shape index (κ2) is 78.5. The summed E-state index contributed by atoms with van der Waals surface area (Å²) in [7, 11) is 0. The van der Waals surface area contributed by atoms with Gasteiger partial charge in [0.2, 0.25) is 11.8 Å². The van der Waals surface area contributed by atoms with Gasteiger partial charge < -0.3 is 67.1 Å². The van der Waals surface area contributed by atoms with Crippen molar-refractivity contribution in [2.24, 2.45) is 172 Å². The summed E-state index contributed by atoms with van der Waals surface area (Å²) >= 11 is 0. The monoisotopic (exact) mass is 2090 g/mol. The molecule has 20 N–H and O–H groups in total. The zero-order valence-corrected chi connectivity index (χ0v) is 103. The third kappa shape index (κ3) is 85.9. The van der Waals surface area contributed by atoms with Crippen LogP contribution in [0.3, 0.4) is 0 Å². The van der Waals surface area contributed by atoms with E-state index in [0.717, 1.165) is 73.3 Å². The van der Waals surface area contributed by atoms with Crippen LogP contribution in [0.5, 0.6) is 0 Å². The third-order valence-electron chi connectivity index (χ3n) is 22.8. The molecule has 2 rings (SSSR count). The lowest BCUT2D eigenvalue weighted by molar-refractivity contribution is -0.135. The van der Waals surface area contributed by atoms with E-state index in [-0.39, 0.29) is 176 Å². The lowest BCUT2D eigenvalue weighted by Crippen LogP contribution is -2.49. The third-order valence-corrected chi connectivity index (χ3v) is 22.8. The van der Waals surface area contributed by atoms with E-state index in [4.69, 9.17) is 45.9 Å². The predicted octanol–water partition coefficient (Wildman–Crippen LogP) is 23.2. The normalized spacial score (nSPS) is 14.2. The Labute approximate surface area is 905 Å². The van der Waals surface area contributed by atoms with Gasteiger partial charge in [0.25, 0.3) is 0 Å². The van der Waals surface area contributed by atoms with Gasteiger partial charge in [-0.15, -0.1) is 0 Å². The number of Topliss-reactive ketones (excluding diaryl/α,β-unsaturated/α-hetero) is 10. The van der Waals surface area contributed by atoms with Gasteiger partial charge in [0.15, 0.2) is 23.1 Å². The number of carbonyl (C=O) groups excluding carboxylic acids is 14. The maximum absolute atomic E-state index is 12.9. The minimum Gasteiger partial charge on any atom is -0.352 e. The maximum atomic E-state index is 12.9. The van der Waals surface area contributed by atoms with E-state index in [1.165, 1.54) is 0 Å². The molecule has 148 heavy (non-hydrogen) atoms. The number of amides is 6. The highest BCUT2D eigenvalue weighted by molar-refractivity contribution is 5.97. The first-order valence-corrected chi connectivity index (χ1v) is 55.4. The van der Waals surface area contributed by atoms with Crippen molar-refractivity contribution in [3.05, 3.63) is 71.8 Å². The molecular weight excluding hydrogens is 1860 g/mol. The number of hydrogen-bond acceptors (Lipinski definition) is 20. The number of nitrogens with one attached hydrogen (secondary N) is 4. The molecule has 0 aromatic heterocycles. The summed E-state index contributed by atoms with van der Waals surface area (Å²) < 4.78 is 0. The highest BCUT2D eigenvalue weighted by Gasteiger charge is 2.40. The molecule has 2 aromatic carbocycles. The van der Waals surface area contributed by atoms with Crippen LogP contribution < -0.4 is 67.1 Å². The average molecular weight is 2090 g/mol. The molecule has 12 atom stereocenters. The van der Waals surface area contributed by atoms with Crippen molar-refractivity contribution < 1.29 is 67.1 Å². The fraction of sp³-hybridized carbons (Fsp3) is 0.787. The largest absolute Gasteiger partial charge is 0.352 e. The van der Waals surface area contributed by atoms with E-state index in [1.807, 2.05) is 241 Å². The molecule has 2 aromatic rings. The molecule has 0 aliphatic heterocycles. The van der Waals surface area contributed by atoms with Gasteiger partial charge in [-0.2, -0.15) is 0 Å². The Bertz CT molecular complexity index is 3730. The summed E-state index contributed by atoms with van der Waals surface area (Å²) in [6.45, 7) is 93.9. The number of nitrogens with two attached hydrogens (primary N) is 8. The molecule has 0 fully saturated rings. The van der Waals surface area contributed by atoms with E-state index in [2.05, 4.69) is 146 Å². The fourth-order valence-electron chi connectivity index (χ4n) is 14.7. The topological polar surface area (TPSA) is 495 Å². The van der Waals surface area contributed by atoms with Crippen LogP contribution in [-0.4, -0.2) is 144 Å². The Morgan fingerprint density at radius 1 is 0.284 bits per heavy atom. The molecule has 0 saturated carbocycles. The van der Waals surface area contributed by atoms with Crippen molar-refractivity contribution >= 4 is 81.7 Å². The SMILES string of the molecule is CC(C)(C)C(=O)C(CCCCN)CC(=O)C(N)Cc1ccccc1.CC(C)(C)C(=O)C(CCCCN)CC(=O)C(N)Cc1ccccc1.CC(C)C.CC(C)C.CC(C)C.CC(C)C.CC(C)C(CC(C)(C)C)C(=O)NC(CCCNC(N)=O)C(=O)C(C)(C)C.CC(C)C(CC(C)(C)C)C(=O)NC(CCCNC(N)=O)C(=O)C(C)(C)C.CC(CC(=O)C(N)C(C)C)C(=O)C(C)(C)C.CC(CC(=O)C(N)C(C)C)C(=O)C(C)(C)C. The van der Waals surface area contributed by atoms with Crippen molar-refractivity contribution in [1.29, 1.82) is 0 Å². The minimum atomic E-state index is -0.585. The van der Waals surface area contributed by atoms with E-state index in [9.17, 15) is 67.1 Å². The van der Waals surface area contributed by atoms with Crippen molar-refractivity contribution in [1.82, 2.24) is 21.3 Å². The van der Waals surface area contributed by atoms with Gasteiger partial charge in [-0.3, -0.25) is 57.5 Å². The Kier molecular flexibility index (Phi) is 82.6. The van der Waals surface area contributed by atoms with Crippen LogP contribution in [0, 0.1) is 126 Å². The molecule has 864 valence electrons. The molecule has 26 heteroatoms. The van der Waals surface area contributed by atoms with Gasteiger partial charge in [-0.05, 0) is 159 Å². The van der Waals surface area contributed by atoms with Gasteiger partial charge in [-0.25, -0.2) is 9.59 Å². The molecule has 0 radical (unpaired) electrons. The Hall–Kier alpha value is -7.62. The highest BCUT2D eigenvalue weighted by Crippen LogP contribution is 2.35. The first-order chi connectivity index (χ1) is 66.9. The summed E-state index contributed by atoms with van der Waals surface area (Å²) in [4.78, 5) is 171. The van der Waals surface area contributed by atoms with Crippen LogP contribution in [0.2, 0.25) is 0 Å². The van der Waals surface area contributed by atoms with E-state index in [1.54, 1.807) is 13.8 Å². The Morgan fingerprint density at radius 3 is 0.703 bits per heavy atom. The number of hydrogen-bond donors (Lipinski definition) is 12. The van der Waals surface area contributed by atoms with Gasteiger partial charge >= 0.3 is 12.1 Å². The van der Waals surface area contributed by atoms with Crippen molar-refractivity contribution in [2.45, 2.75) is 470 Å². The Balaban J connectivity index is -0.000000258. The summed E-state index contributed by atoms with van der Waals surface area (Å²) in [6.07, 6.45) is 10.5. The quantitative estimate of drug-likeness (QED) is 0.0274. The molecule has 0 spiro atoms. The average Bonchev–Trinajstić information content (AvgIpc) is 0.832. The second-order valence-electron chi connectivity index (χ2n) is 53.4. The molecule has 6 amide bonds. The van der Waals surface area contributed by atoms with Gasteiger partial charge in [0.1, 0.15) is 34.7 Å². The molecule has 0 bridgehead atoms. The van der Waals surface area contributed by atoms with Crippen molar-refractivity contribution in [3.63, 3.8) is 0 Å². The minimum absolute atomic E-state index is 0.00295. The van der Waals surface area contributed by atoms with E-state index >= 15 is 0 Å². The van der Waals surface area contributed by atoms with Crippen LogP contribution in [0.15, 0.2) is 60.7 Å². The van der Waals surface area contributed by atoms with Crippen LogP contribution in [0.1, 0.15) is 432 Å². The predicted molar refractivity (Wildman–Crippen MR) is 623 cm³/mol. The molecule has 0 aliphatic carbocycles. The fourth-order valence-corrected chi connectivity index (χ4v) is 14.7. The first kappa shape index (κ1) is 156. The van der Waals surface area contributed by atoms with Gasteiger partial charge in [0, 0.05) is 107 Å². The number of benzene rings is 2. The number of ketones is 10. The number of urea groups is 2. The molecule has 26 nitrogen and oxygen atoms in total. The van der Waals surface area contributed by atoms with Crippen LogP contribution >= 0.6 is 0 Å². The van der Waals surface area contributed by atoms with Crippen LogP contribution in [-0.2, 0) is 70.4 Å². The number of unbranched alkanes of at least 4 members (excludes halogenated alkanes) is 2. The van der Waals surface area contributed by atoms with Crippen molar-refractivity contribution in [3.8, 4) is 0 Å². The second-order valence-corrected chi connectivity index (χ2v) is 53.4. The van der Waals surface area contributed by atoms with Gasteiger partial charge in [-0.1, -0.05) is 392 Å². The van der Waals surface area contributed by atoms with Crippen LogP contribution in [0.25, 0.3) is 0 Å². The molecule has 0 heterocycles. The molecule has 12 unspecified atom stereocenters. The lowest BCUT2D eigenvalue weighted by atomic mass is 9.78. The smallest absolute Gasteiger partial charge is 0.312 e. The summed E-state index contributed by atoms with van der Waals surface area (Å²) in [6, 6.07) is 15.2. The van der Waals surface area contributed by atoms with Crippen LogP contribution in [0.4, 0.5) is 9.59 Å². The highest BCUT2D eigenvalue weighted by atomic mass is 16.2. The van der Waals surface area contributed by atoms with Gasteiger partial charge in [0.05, 0.1) is 36.3 Å². The molecule has 0 aliphatic rings. The number of carbonyl (C=O) groups is 14. The first-order valence-electron chi connectivity index (χ1n) is 55.4. The number of primary amides is 2. The summed E-state index contributed by atoms with van der Waals surface area (Å²) in [5, 5.41) is 11.0.